The van der Waals surface area contributed by atoms with Crippen molar-refractivity contribution in [2.24, 2.45) is 17.6 Å². The van der Waals surface area contributed by atoms with Crippen molar-refractivity contribution in [2.75, 3.05) is 19.6 Å². The quantitative estimate of drug-likeness (QED) is 0.870. The minimum atomic E-state index is -0.275. The molecular formula is C19H25N3O3. The van der Waals surface area contributed by atoms with Gasteiger partial charge in [-0.05, 0) is 24.3 Å². The van der Waals surface area contributed by atoms with Crippen molar-refractivity contribution in [3.63, 3.8) is 0 Å². The van der Waals surface area contributed by atoms with E-state index in [-0.39, 0.29) is 29.6 Å². The lowest BCUT2D eigenvalue weighted by Crippen LogP contribution is -2.43. The Labute approximate surface area is 148 Å². The molecule has 6 nitrogen and oxygen atoms in total. The van der Waals surface area contributed by atoms with Crippen molar-refractivity contribution in [3.05, 3.63) is 35.9 Å². The highest BCUT2D eigenvalue weighted by Gasteiger charge is 2.37. The van der Waals surface area contributed by atoms with Crippen LogP contribution in [0.2, 0.25) is 0 Å². The molecule has 1 aromatic carbocycles. The average molecular weight is 343 g/mol. The van der Waals surface area contributed by atoms with E-state index >= 15 is 0 Å². The Morgan fingerprint density at radius 3 is 2.44 bits per heavy atom. The van der Waals surface area contributed by atoms with Gasteiger partial charge in [0.05, 0.1) is 5.92 Å². The number of benzene rings is 1. The van der Waals surface area contributed by atoms with Gasteiger partial charge in [0, 0.05) is 39.0 Å². The molecule has 2 saturated heterocycles. The summed E-state index contributed by atoms with van der Waals surface area (Å²) in [5, 5.41) is 0. The van der Waals surface area contributed by atoms with Gasteiger partial charge in [-0.15, -0.1) is 0 Å². The Kier molecular flexibility index (Phi) is 5.36. The molecule has 1 aromatic rings. The van der Waals surface area contributed by atoms with Gasteiger partial charge in [0.25, 0.3) is 0 Å². The second-order valence-electron chi connectivity index (χ2n) is 7.10. The number of nitrogens with two attached hydrogens (primary N) is 1. The maximum atomic E-state index is 12.7. The summed E-state index contributed by atoms with van der Waals surface area (Å²) in [7, 11) is 0. The Morgan fingerprint density at radius 2 is 1.80 bits per heavy atom. The predicted octanol–water partition coefficient (Wildman–Crippen LogP) is 1.15. The van der Waals surface area contributed by atoms with Crippen LogP contribution in [0.3, 0.4) is 0 Å². The molecule has 1 atom stereocenters. The summed E-state index contributed by atoms with van der Waals surface area (Å²) in [5.74, 6) is -0.125. The van der Waals surface area contributed by atoms with Crippen molar-refractivity contribution in [1.29, 1.82) is 0 Å². The minimum Gasteiger partial charge on any atom is -0.370 e. The molecule has 2 aliphatic heterocycles. The fourth-order valence-corrected chi connectivity index (χ4v) is 3.79. The number of carbonyl (C=O) groups excluding carboxylic acids is 3. The highest BCUT2D eigenvalue weighted by molar-refractivity contribution is 5.89. The van der Waals surface area contributed by atoms with Crippen molar-refractivity contribution in [1.82, 2.24) is 9.80 Å². The van der Waals surface area contributed by atoms with Gasteiger partial charge >= 0.3 is 0 Å². The zero-order chi connectivity index (χ0) is 17.8. The third-order valence-corrected chi connectivity index (χ3v) is 5.20. The SMILES string of the molecule is NC(=O)CC1CCN(C(=O)C2CC(=O)N(Cc3ccccc3)C2)CC1. The van der Waals surface area contributed by atoms with Gasteiger partial charge in [0.2, 0.25) is 17.7 Å². The van der Waals surface area contributed by atoms with E-state index in [1.807, 2.05) is 35.2 Å². The molecule has 0 aliphatic carbocycles. The number of hydrogen-bond donors (Lipinski definition) is 1. The number of nitrogens with zero attached hydrogens (tertiary/aromatic N) is 2. The van der Waals surface area contributed by atoms with Crippen molar-refractivity contribution in [2.45, 2.75) is 32.2 Å². The number of carbonyl (C=O) groups is 3. The molecular weight excluding hydrogens is 318 g/mol. The standard InChI is InChI=1S/C19H25N3O3/c20-17(23)10-14-6-8-21(9-7-14)19(25)16-11-18(24)22(13-16)12-15-4-2-1-3-5-15/h1-5,14,16H,6-13H2,(H2,20,23). The van der Waals surface area contributed by atoms with E-state index in [1.54, 1.807) is 4.90 Å². The Balaban J connectivity index is 1.52. The molecule has 3 rings (SSSR count). The molecule has 0 saturated carbocycles. The van der Waals surface area contributed by atoms with Gasteiger partial charge < -0.3 is 15.5 Å². The lowest BCUT2D eigenvalue weighted by molar-refractivity contribution is -0.137. The number of primary amides is 1. The molecule has 0 aromatic heterocycles. The third kappa shape index (κ3) is 4.38. The van der Waals surface area contributed by atoms with Gasteiger partial charge in [-0.1, -0.05) is 30.3 Å². The van der Waals surface area contributed by atoms with Crippen LogP contribution in [-0.4, -0.2) is 47.2 Å². The normalized spacial score (nSPS) is 21.6. The summed E-state index contributed by atoms with van der Waals surface area (Å²) in [6.45, 7) is 2.36. The number of rotatable bonds is 5. The first-order chi connectivity index (χ1) is 12.0. The van der Waals surface area contributed by atoms with E-state index in [9.17, 15) is 14.4 Å². The summed E-state index contributed by atoms with van der Waals surface area (Å²) in [5.41, 5.74) is 6.33. The van der Waals surface area contributed by atoms with Crippen molar-refractivity contribution in [3.8, 4) is 0 Å². The van der Waals surface area contributed by atoms with Crippen LogP contribution in [0.4, 0.5) is 0 Å². The van der Waals surface area contributed by atoms with Gasteiger partial charge in [0.1, 0.15) is 0 Å². The highest BCUT2D eigenvalue weighted by Crippen LogP contribution is 2.26. The molecule has 2 fully saturated rings. The van der Waals surface area contributed by atoms with E-state index in [1.165, 1.54) is 0 Å². The van der Waals surface area contributed by atoms with Gasteiger partial charge in [0.15, 0.2) is 0 Å². The summed E-state index contributed by atoms with van der Waals surface area (Å²) in [6, 6.07) is 9.84. The van der Waals surface area contributed by atoms with Crippen LogP contribution in [0.15, 0.2) is 30.3 Å². The summed E-state index contributed by atoms with van der Waals surface area (Å²) in [4.78, 5) is 39.6. The number of likely N-dealkylation sites (tertiary alicyclic amines) is 2. The summed E-state index contributed by atoms with van der Waals surface area (Å²) < 4.78 is 0. The first-order valence-electron chi connectivity index (χ1n) is 8.91. The number of piperidine rings is 1. The van der Waals surface area contributed by atoms with Gasteiger partial charge in [-0.25, -0.2) is 0 Å². The summed E-state index contributed by atoms with van der Waals surface area (Å²) >= 11 is 0. The number of amides is 3. The zero-order valence-corrected chi connectivity index (χ0v) is 14.4. The molecule has 3 amide bonds. The lowest BCUT2D eigenvalue weighted by Gasteiger charge is -2.33. The van der Waals surface area contributed by atoms with E-state index in [0.717, 1.165) is 18.4 Å². The lowest BCUT2D eigenvalue weighted by atomic mass is 9.92. The molecule has 0 radical (unpaired) electrons. The Hall–Kier alpha value is -2.37. The van der Waals surface area contributed by atoms with Crippen molar-refractivity contribution < 1.29 is 14.4 Å². The number of hydrogen-bond acceptors (Lipinski definition) is 3. The first-order valence-corrected chi connectivity index (χ1v) is 8.91. The molecule has 134 valence electrons. The minimum absolute atomic E-state index is 0.0471. The molecule has 1 unspecified atom stereocenters. The maximum Gasteiger partial charge on any atom is 0.227 e. The van der Waals surface area contributed by atoms with Crippen LogP contribution in [-0.2, 0) is 20.9 Å². The van der Waals surface area contributed by atoms with E-state index < -0.39 is 0 Å². The second kappa shape index (κ2) is 7.68. The third-order valence-electron chi connectivity index (χ3n) is 5.20. The second-order valence-corrected chi connectivity index (χ2v) is 7.10. The molecule has 2 N–H and O–H groups in total. The van der Waals surface area contributed by atoms with Crippen LogP contribution < -0.4 is 5.73 Å². The highest BCUT2D eigenvalue weighted by atomic mass is 16.2. The molecule has 2 aliphatic rings. The molecule has 0 spiro atoms. The topological polar surface area (TPSA) is 83.7 Å². The predicted molar refractivity (Wildman–Crippen MR) is 93.1 cm³/mol. The van der Waals surface area contributed by atoms with Crippen LogP contribution >= 0.6 is 0 Å². The van der Waals surface area contributed by atoms with Crippen LogP contribution in [0.5, 0.6) is 0 Å². The zero-order valence-electron chi connectivity index (χ0n) is 14.4. The Morgan fingerprint density at radius 1 is 1.12 bits per heavy atom. The summed E-state index contributed by atoms with van der Waals surface area (Å²) in [6.07, 6.45) is 2.31. The van der Waals surface area contributed by atoms with Crippen LogP contribution in [0.25, 0.3) is 0 Å². The van der Waals surface area contributed by atoms with Gasteiger partial charge in [-0.2, -0.15) is 0 Å². The molecule has 25 heavy (non-hydrogen) atoms. The van der Waals surface area contributed by atoms with Gasteiger partial charge in [-0.3, -0.25) is 14.4 Å². The van der Waals surface area contributed by atoms with E-state index in [2.05, 4.69) is 0 Å². The molecule has 6 heteroatoms. The van der Waals surface area contributed by atoms with E-state index in [4.69, 9.17) is 5.73 Å². The Bertz CT molecular complexity index is 639. The van der Waals surface area contributed by atoms with Crippen molar-refractivity contribution >= 4 is 17.7 Å². The van der Waals surface area contributed by atoms with Crippen LogP contribution in [0, 0.1) is 11.8 Å². The van der Waals surface area contributed by atoms with Crippen LogP contribution in [0.1, 0.15) is 31.2 Å². The fourth-order valence-electron chi connectivity index (χ4n) is 3.79. The largest absolute Gasteiger partial charge is 0.370 e. The molecule has 0 bridgehead atoms. The molecule has 2 heterocycles. The monoisotopic (exact) mass is 343 g/mol. The van der Waals surface area contributed by atoms with E-state index in [0.29, 0.717) is 39.0 Å². The fraction of sp³-hybridized carbons (Fsp3) is 0.526. The smallest absolute Gasteiger partial charge is 0.227 e. The average Bonchev–Trinajstić information content (AvgIpc) is 2.96. The first kappa shape index (κ1) is 17.5. The maximum absolute atomic E-state index is 12.7.